The summed E-state index contributed by atoms with van der Waals surface area (Å²) in [6.45, 7) is 2.03. The van der Waals surface area contributed by atoms with E-state index in [2.05, 4.69) is 15.3 Å². The molecule has 0 atom stereocenters. The van der Waals surface area contributed by atoms with Gasteiger partial charge in [-0.05, 0) is 19.1 Å². The van der Waals surface area contributed by atoms with Crippen molar-refractivity contribution in [2.24, 2.45) is 0 Å². The van der Waals surface area contributed by atoms with Gasteiger partial charge < -0.3 is 0 Å². The molecule has 118 valence electrons. The maximum Gasteiger partial charge on any atom is 0.269 e. The first-order valence-corrected chi connectivity index (χ1v) is 7.97. The fourth-order valence-corrected chi connectivity index (χ4v) is 3.19. The van der Waals surface area contributed by atoms with Crippen LogP contribution in [0, 0.1) is 17.0 Å². The molecule has 0 spiro atoms. The lowest BCUT2D eigenvalue weighted by molar-refractivity contribution is -0.384. The first-order chi connectivity index (χ1) is 11.6. The monoisotopic (exact) mass is 337 g/mol. The third-order valence-electron chi connectivity index (χ3n) is 3.63. The maximum atomic E-state index is 10.7. The Morgan fingerprint density at radius 2 is 1.67 bits per heavy atom. The van der Waals surface area contributed by atoms with Gasteiger partial charge in [-0.3, -0.25) is 10.1 Å². The maximum absolute atomic E-state index is 10.7. The smallest absolute Gasteiger partial charge is 0.258 e. The van der Waals surface area contributed by atoms with Crippen molar-refractivity contribution in [3.8, 4) is 22.0 Å². The molecule has 0 aliphatic rings. The Bertz CT molecular complexity index is 1030. The molecular weight excluding hydrogens is 326 g/mol. The van der Waals surface area contributed by atoms with E-state index in [4.69, 9.17) is 0 Å². The summed E-state index contributed by atoms with van der Waals surface area (Å²) >= 11 is 1.39. The molecule has 0 bridgehead atoms. The zero-order valence-corrected chi connectivity index (χ0v) is 13.4. The first-order valence-electron chi connectivity index (χ1n) is 7.16. The van der Waals surface area contributed by atoms with Gasteiger partial charge in [0.25, 0.3) is 5.69 Å². The summed E-state index contributed by atoms with van der Waals surface area (Å²) in [5, 5.41) is 24.4. The van der Waals surface area contributed by atoms with E-state index in [0.29, 0.717) is 10.8 Å². The second kappa shape index (κ2) is 5.50. The van der Waals surface area contributed by atoms with Crippen LogP contribution in [0.2, 0.25) is 0 Å². The highest BCUT2D eigenvalue weighted by Crippen LogP contribution is 2.29. The second-order valence-electron chi connectivity index (χ2n) is 5.30. The van der Waals surface area contributed by atoms with E-state index in [1.165, 1.54) is 29.0 Å². The highest BCUT2D eigenvalue weighted by Gasteiger charge is 2.15. The number of hydrogen-bond donors (Lipinski definition) is 0. The minimum Gasteiger partial charge on any atom is -0.258 e. The van der Waals surface area contributed by atoms with E-state index in [0.717, 1.165) is 16.1 Å². The van der Waals surface area contributed by atoms with Crippen LogP contribution >= 0.6 is 11.3 Å². The van der Waals surface area contributed by atoms with E-state index in [-0.39, 0.29) is 5.69 Å². The van der Waals surface area contributed by atoms with Crippen LogP contribution in [0.15, 0.2) is 48.5 Å². The summed E-state index contributed by atoms with van der Waals surface area (Å²) < 4.78 is 1.70. The molecular formula is C16H11N5O2S. The Kier molecular flexibility index (Phi) is 3.31. The topological polar surface area (TPSA) is 86.2 Å². The van der Waals surface area contributed by atoms with Crippen LogP contribution in [0.5, 0.6) is 0 Å². The van der Waals surface area contributed by atoms with Crippen molar-refractivity contribution in [3.63, 3.8) is 0 Å². The molecule has 0 fully saturated rings. The summed E-state index contributed by atoms with van der Waals surface area (Å²) in [7, 11) is 0. The second-order valence-corrected chi connectivity index (χ2v) is 6.25. The van der Waals surface area contributed by atoms with Crippen molar-refractivity contribution >= 4 is 22.0 Å². The molecule has 0 amide bonds. The van der Waals surface area contributed by atoms with Crippen LogP contribution in [0.4, 0.5) is 5.69 Å². The Morgan fingerprint density at radius 1 is 1.00 bits per heavy atom. The normalized spacial score (nSPS) is 11.0. The van der Waals surface area contributed by atoms with Crippen molar-refractivity contribution in [1.29, 1.82) is 0 Å². The number of aromatic nitrogens is 4. The summed E-state index contributed by atoms with van der Waals surface area (Å²) in [6, 6.07) is 14.3. The average Bonchev–Trinajstić information content (AvgIpc) is 3.16. The number of non-ortho nitro benzene ring substituents is 1. The zero-order chi connectivity index (χ0) is 16.7. The fraction of sp³-hybridized carbons (Fsp3) is 0.0625. The van der Waals surface area contributed by atoms with Gasteiger partial charge in [0.2, 0.25) is 4.96 Å². The van der Waals surface area contributed by atoms with Crippen LogP contribution in [-0.2, 0) is 0 Å². The summed E-state index contributed by atoms with van der Waals surface area (Å²) in [6.07, 6.45) is 0. The molecule has 8 heteroatoms. The minimum atomic E-state index is -0.419. The zero-order valence-electron chi connectivity index (χ0n) is 12.6. The third kappa shape index (κ3) is 2.42. The Morgan fingerprint density at radius 3 is 2.33 bits per heavy atom. The van der Waals surface area contributed by atoms with Crippen LogP contribution < -0.4 is 0 Å². The molecule has 0 radical (unpaired) electrons. The molecule has 2 aromatic carbocycles. The molecule has 2 heterocycles. The number of nitro benzene ring substituents is 1. The number of aryl methyl sites for hydroxylation is 1. The molecule has 0 unspecified atom stereocenters. The summed E-state index contributed by atoms with van der Waals surface area (Å²) in [5.41, 5.74) is 2.98. The number of rotatable bonds is 3. The standard InChI is InChI=1S/C16H11N5O2S/c1-10-2-4-11(5-3-10)14-17-18-16-20(14)19-15(24-16)12-6-8-13(9-7-12)21(22)23/h2-9H,1H3. The third-order valence-corrected chi connectivity index (χ3v) is 4.57. The van der Waals surface area contributed by atoms with E-state index in [9.17, 15) is 10.1 Å². The Hall–Kier alpha value is -3.13. The van der Waals surface area contributed by atoms with Gasteiger partial charge in [0, 0.05) is 23.3 Å². The lowest BCUT2D eigenvalue weighted by atomic mass is 10.1. The average molecular weight is 337 g/mol. The first kappa shape index (κ1) is 14.5. The molecule has 4 aromatic rings. The molecule has 0 aliphatic heterocycles. The number of benzene rings is 2. The van der Waals surface area contributed by atoms with Crippen LogP contribution in [0.3, 0.4) is 0 Å². The predicted octanol–water partition coefficient (Wildman–Crippen LogP) is 3.74. The van der Waals surface area contributed by atoms with Crippen molar-refractivity contribution < 1.29 is 4.92 Å². The van der Waals surface area contributed by atoms with Gasteiger partial charge in [0.05, 0.1) is 4.92 Å². The van der Waals surface area contributed by atoms with E-state index in [1.807, 2.05) is 31.2 Å². The highest BCUT2D eigenvalue weighted by atomic mass is 32.1. The van der Waals surface area contributed by atoms with E-state index in [1.54, 1.807) is 16.6 Å². The molecule has 4 rings (SSSR count). The van der Waals surface area contributed by atoms with Crippen LogP contribution in [0.25, 0.3) is 26.9 Å². The van der Waals surface area contributed by atoms with Gasteiger partial charge in [-0.25, -0.2) is 0 Å². The molecule has 2 aromatic heterocycles. The van der Waals surface area contributed by atoms with Crippen molar-refractivity contribution in [1.82, 2.24) is 19.8 Å². The van der Waals surface area contributed by atoms with Gasteiger partial charge in [0.15, 0.2) is 5.82 Å². The van der Waals surface area contributed by atoms with Crippen LogP contribution in [0.1, 0.15) is 5.56 Å². The van der Waals surface area contributed by atoms with Crippen LogP contribution in [-0.4, -0.2) is 24.7 Å². The fourth-order valence-electron chi connectivity index (χ4n) is 2.34. The Balaban J connectivity index is 1.76. The molecule has 0 N–H and O–H groups in total. The molecule has 0 aliphatic carbocycles. The molecule has 0 saturated heterocycles. The van der Waals surface area contributed by atoms with Crippen molar-refractivity contribution in [3.05, 3.63) is 64.2 Å². The van der Waals surface area contributed by atoms with Gasteiger partial charge in [-0.1, -0.05) is 41.2 Å². The molecule has 0 saturated carbocycles. The number of hydrogen-bond acceptors (Lipinski definition) is 6. The highest BCUT2D eigenvalue weighted by molar-refractivity contribution is 7.19. The predicted molar refractivity (Wildman–Crippen MR) is 90.9 cm³/mol. The number of nitro groups is 1. The molecule has 24 heavy (non-hydrogen) atoms. The van der Waals surface area contributed by atoms with Gasteiger partial charge in [-0.15, -0.1) is 10.2 Å². The largest absolute Gasteiger partial charge is 0.269 e. The summed E-state index contributed by atoms with van der Waals surface area (Å²) in [5.74, 6) is 0.675. The number of nitrogens with zero attached hydrogens (tertiary/aromatic N) is 5. The lowest BCUT2D eigenvalue weighted by Gasteiger charge is -1.98. The minimum absolute atomic E-state index is 0.0575. The van der Waals surface area contributed by atoms with Gasteiger partial charge >= 0.3 is 0 Å². The Labute approximate surface area is 140 Å². The quantitative estimate of drug-likeness (QED) is 0.420. The number of fused-ring (bicyclic) bond motifs is 1. The molecule has 7 nitrogen and oxygen atoms in total. The van der Waals surface area contributed by atoms with E-state index < -0.39 is 4.92 Å². The van der Waals surface area contributed by atoms with E-state index >= 15 is 0 Å². The SMILES string of the molecule is Cc1ccc(-c2nnc3sc(-c4ccc([N+](=O)[O-])cc4)nn23)cc1. The van der Waals surface area contributed by atoms with Crippen molar-refractivity contribution in [2.75, 3.05) is 0 Å². The summed E-state index contributed by atoms with van der Waals surface area (Å²) in [4.78, 5) is 11.0. The van der Waals surface area contributed by atoms with Gasteiger partial charge in [-0.2, -0.15) is 9.61 Å². The lowest BCUT2D eigenvalue weighted by Crippen LogP contribution is -1.91. The van der Waals surface area contributed by atoms with Crippen molar-refractivity contribution in [2.45, 2.75) is 6.92 Å². The van der Waals surface area contributed by atoms with Gasteiger partial charge in [0.1, 0.15) is 5.01 Å².